The summed E-state index contributed by atoms with van der Waals surface area (Å²) in [6.07, 6.45) is 2.08. The van der Waals surface area contributed by atoms with Crippen molar-refractivity contribution in [3.8, 4) is 0 Å². The Labute approximate surface area is 121 Å². The molecule has 2 N–H and O–H groups in total. The number of rotatable bonds is 5. The fraction of sp³-hybridized carbons (Fsp3) is 0.286. The Kier molecular flexibility index (Phi) is 5.20. The third-order valence-electron chi connectivity index (χ3n) is 2.67. The molecule has 20 heavy (non-hydrogen) atoms. The molecular weight excluding hydrogens is 276 g/mol. The Bertz CT molecular complexity index is 543. The number of hydrogen-bond donors (Lipinski definition) is 2. The number of carbonyl (C=O) groups is 2. The highest BCUT2D eigenvalue weighted by molar-refractivity contribution is 8.04. The minimum Gasteiger partial charge on any atom is -0.385 e. The highest BCUT2D eigenvalue weighted by atomic mass is 32.2. The summed E-state index contributed by atoms with van der Waals surface area (Å²) in [4.78, 5) is 24.9. The second-order valence-electron chi connectivity index (χ2n) is 4.20. The van der Waals surface area contributed by atoms with Gasteiger partial charge >= 0.3 is 0 Å². The van der Waals surface area contributed by atoms with E-state index in [0.717, 1.165) is 17.0 Å². The van der Waals surface area contributed by atoms with Gasteiger partial charge in [0.15, 0.2) is 0 Å². The molecule has 1 heterocycles. The summed E-state index contributed by atoms with van der Waals surface area (Å²) in [7, 11) is 1.62. The fourth-order valence-electron chi connectivity index (χ4n) is 1.70. The maximum Gasteiger partial charge on any atom is 0.262 e. The van der Waals surface area contributed by atoms with Crippen molar-refractivity contribution >= 4 is 29.3 Å². The second-order valence-corrected chi connectivity index (χ2v) is 5.28. The van der Waals surface area contributed by atoms with Crippen molar-refractivity contribution in [1.29, 1.82) is 0 Å². The number of hydrogen-bond acceptors (Lipinski definition) is 4. The molecule has 0 bridgehead atoms. The van der Waals surface area contributed by atoms with E-state index < -0.39 is 0 Å². The predicted molar refractivity (Wildman–Crippen MR) is 78.5 cm³/mol. The highest BCUT2D eigenvalue weighted by Crippen LogP contribution is 2.37. The lowest BCUT2D eigenvalue weighted by Crippen LogP contribution is -2.25. The first-order chi connectivity index (χ1) is 9.70. The number of para-hydroxylation sites is 1. The number of ether oxygens (including phenoxy) is 1. The van der Waals surface area contributed by atoms with Crippen molar-refractivity contribution in [1.82, 2.24) is 5.32 Å². The molecular formula is C14H16N2O3S. The molecule has 0 spiro atoms. The van der Waals surface area contributed by atoms with Gasteiger partial charge in [-0.3, -0.25) is 9.59 Å². The molecule has 0 fully saturated rings. The van der Waals surface area contributed by atoms with Crippen molar-refractivity contribution in [2.45, 2.75) is 11.3 Å². The van der Waals surface area contributed by atoms with Crippen LogP contribution in [0.5, 0.6) is 0 Å². The van der Waals surface area contributed by atoms with E-state index in [1.807, 2.05) is 24.3 Å². The van der Waals surface area contributed by atoms with Crippen molar-refractivity contribution in [2.75, 3.05) is 25.6 Å². The average molecular weight is 292 g/mol. The lowest BCUT2D eigenvalue weighted by molar-refractivity contribution is -0.117. The first-order valence-electron chi connectivity index (χ1n) is 6.27. The van der Waals surface area contributed by atoms with Crippen molar-refractivity contribution < 1.29 is 14.3 Å². The quantitative estimate of drug-likeness (QED) is 0.641. The van der Waals surface area contributed by atoms with E-state index in [1.165, 1.54) is 17.8 Å². The monoisotopic (exact) mass is 292 g/mol. The van der Waals surface area contributed by atoms with Gasteiger partial charge in [-0.05, 0) is 18.6 Å². The van der Waals surface area contributed by atoms with Gasteiger partial charge in [-0.2, -0.15) is 0 Å². The van der Waals surface area contributed by atoms with Crippen LogP contribution in [-0.4, -0.2) is 32.1 Å². The lowest BCUT2D eigenvalue weighted by Gasteiger charge is -2.17. The van der Waals surface area contributed by atoms with Crippen LogP contribution in [0, 0.1) is 0 Å². The molecule has 0 aromatic heterocycles. The summed E-state index contributed by atoms with van der Waals surface area (Å²) < 4.78 is 4.89. The number of thioether (sulfide) groups is 1. The van der Waals surface area contributed by atoms with E-state index in [2.05, 4.69) is 10.6 Å². The van der Waals surface area contributed by atoms with Crippen LogP contribution in [0.2, 0.25) is 0 Å². The normalized spacial score (nSPS) is 15.7. The van der Waals surface area contributed by atoms with Crippen LogP contribution < -0.4 is 10.6 Å². The molecule has 0 saturated heterocycles. The van der Waals surface area contributed by atoms with Crippen LogP contribution in [0.3, 0.4) is 0 Å². The van der Waals surface area contributed by atoms with Gasteiger partial charge < -0.3 is 15.4 Å². The summed E-state index contributed by atoms with van der Waals surface area (Å²) in [5.41, 5.74) is 0.778. The van der Waals surface area contributed by atoms with E-state index >= 15 is 0 Å². The molecule has 0 atom stereocenters. The number of methoxy groups -OCH3 is 1. The zero-order valence-electron chi connectivity index (χ0n) is 11.1. The Morgan fingerprint density at radius 1 is 1.45 bits per heavy atom. The first kappa shape index (κ1) is 14.6. The SMILES string of the molecule is COCCCNC(=O)C=C1Sc2ccccc2NC1=O. The van der Waals surface area contributed by atoms with Gasteiger partial charge in [0.05, 0.1) is 10.6 Å². The van der Waals surface area contributed by atoms with Gasteiger partial charge in [0.1, 0.15) is 0 Å². The molecule has 1 aliphatic rings. The third-order valence-corrected chi connectivity index (χ3v) is 3.76. The Morgan fingerprint density at radius 2 is 2.25 bits per heavy atom. The number of benzene rings is 1. The van der Waals surface area contributed by atoms with E-state index in [4.69, 9.17) is 4.74 Å². The van der Waals surface area contributed by atoms with Crippen LogP contribution in [0.1, 0.15) is 6.42 Å². The molecule has 0 aliphatic carbocycles. The number of anilines is 1. The zero-order valence-corrected chi connectivity index (χ0v) is 12.0. The van der Waals surface area contributed by atoms with E-state index in [0.29, 0.717) is 18.1 Å². The molecule has 1 aromatic rings. The van der Waals surface area contributed by atoms with Gasteiger partial charge in [0, 0.05) is 31.2 Å². The van der Waals surface area contributed by atoms with Gasteiger partial charge in [-0.15, -0.1) is 0 Å². The molecule has 6 heteroatoms. The van der Waals surface area contributed by atoms with E-state index in [9.17, 15) is 9.59 Å². The lowest BCUT2D eigenvalue weighted by atomic mass is 10.3. The highest BCUT2D eigenvalue weighted by Gasteiger charge is 2.21. The summed E-state index contributed by atoms with van der Waals surface area (Å²) in [5.74, 6) is -0.515. The third kappa shape index (κ3) is 3.85. The number of amides is 2. The van der Waals surface area contributed by atoms with Crippen LogP contribution in [0.25, 0.3) is 0 Å². The largest absolute Gasteiger partial charge is 0.385 e. The average Bonchev–Trinajstić information content (AvgIpc) is 2.44. The molecule has 106 valence electrons. The van der Waals surface area contributed by atoms with Crippen molar-refractivity contribution in [3.05, 3.63) is 35.2 Å². The summed E-state index contributed by atoms with van der Waals surface area (Å²) in [6.45, 7) is 1.12. The summed E-state index contributed by atoms with van der Waals surface area (Å²) >= 11 is 1.30. The number of carbonyl (C=O) groups excluding carboxylic acids is 2. The smallest absolute Gasteiger partial charge is 0.262 e. The van der Waals surface area contributed by atoms with E-state index in [1.54, 1.807) is 7.11 Å². The van der Waals surface area contributed by atoms with Crippen molar-refractivity contribution in [2.24, 2.45) is 0 Å². The first-order valence-corrected chi connectivity index (χ1v) is 7.09. The van der Waals surface area contributed by atoms with Gasteiger partial charge in [-0.25, -0.2) is 0 Å². The second kappa shape index (κ2) is 7.12. The Hall–Kier alpha value is -1.79. The van der Waals surface area contributed by atoms with Gasteiger partial charge in [0.2, 0.25) is 5.91 Å². The van der Waals surface area contributed by atoms with Crippen LogP contribution in [-0.2, 0) is 14.3 Å². The molecule has 1 aromatic carbocycles. The molecule has 2 amide bonds. The Morgan fingerprint density at radius 3 is 3.05 bits per heavy atom. The summed E-state index contributed by atoms with van der Waals surface area (Å²) in [5, 5.41) is 5.48. The maximum atomic E-state index is 11.9. The molecule has 0 unspecified atom stereocenters. The standard InChI is InChI=1S/C14H16N2O3S/c1-19-8-4-7-15-13(17)9-12-14(18)16-10-5-2-3-6-11(10)20-12/h2-3,5-6,9H,4,7-8H2,1H3,(H,15,17)(H,16,18). The Balaban J connectivity index is 1.97. The maximum absolute atomic E-state index is 11.9. The van der Waals surface area contributed by atoms with Gasteiger partial charge in [0.25, 0.3) is 5.91 Å². The minimum absolute atomic E-state index is 0.249. The predicted octanol–water partition coefficient (Wildman–Crippen LogP) is 1.77. The number of nitrogens with one attached hydrogen (secondary N) is 2. The van der Waals surface area contributed by atoms with E-state index in [-0.39, 0.29) is 11.8 Å². The molecule has 1 aliphatic heterocycles. The summed E-state index contributed by atoms with van der Waals surface area (Å²) in [6, 6.07) is 7.49. The zero-order chi connectivity index (χ0) is 14.4. The molecule has 2 rings (SSSR count). The van der Waals surface area contributed by atoms with Crippen LogP contribution >= 0.6 is 11.8 Å². The van der Waals surface area contributed by atoms with Gasteiger partial charge in [-0.1, -0.05) is 23.9 Å². The molecule has 0 radical (unpaired) electrons. The van der Waals surface area contributed by atoms with Crippen LogP contribution in [0.15, 0.2) is 40.1 Å². The van der Waals surface area contributed by atoms with Crippen LogP contribution in [0.4, 0.5) is 5.69 Å². The van der Waals surface area contributed by atoms with Crippen molar-refractivity contribution in [3.63, 3.8) is 0 Å². The fourth-order valence-corrected chi connectivity index (χ4v) is 2.62. The minimum atomic E-state index is -0.266. The topological polar surface area (TPSA) is 67.4 Å². The molecule has 0 saturated carbocycles. The number of fused-ring (bicyclic) bond motifs is 1. The molecule has 5 nitrogen and oxygen atoms in total.